The summed E-state index contributed by atoms with van der Waals surface area (Å²) in [5.74, 6) is 0.716. The third-order valence-corrected chi connectivity index (χ3v) is 2.75. The molecule has 0 aromatic heterocycles. The first-order valence-corrected chi connectivity index (χ1v) is 5.56. The van der Waals surface area contributed by atoms with E-state index in [0.717, 1.165) is 5.56 Å². The number of ether oxygens (including phenoxy) is 1. The van der Waals surface area contributed by atoms with Crippen LogP contribution >= 0.6 is 0 Å². The van der Waals surface area contributed by atoms with E-state index >= 15 is 0 Å². The molecule has 0 amide bonds. The lowest BCUT2D eigenvalue weighted by Crippen LogP contribution is -2.39. The molecule has 0 spiro atoms. The van der Waals surface area contributed by atoms with Crippen LogP contribution in [0, 0.1) is 11.3 Å². The average Bonchev–Trinajstić information content (AvgIpc) is 2.39. The van der Waals surface area contributed by atoms with Crippen LogP contribution in [0.1, 0.15) is 18.9 Å². The predicted molar refractivity (Wildman–Crippen MR) is 65.6 cm³/mol. The van der Waals surface area contributed by atoms with Crippen LogP contribution in [0.25, 0.3) is 0 Å². The lowest BCUT2D eigenvalue weighted by Gasteiger charge is -2.20. The van der Waals surface area contributed by atoms with Gasteiger partial charge in [-0.2, -0.15) is 5.26 Å². The van der Waals surface area contributed by atoms with Gasteiger partial charge in [-0.3, -0.25) is 0 Å². The van der Waals surface area contributed by atoms with Crippen molar-refractivity contribution in [3.8, 4) is 11.8 Å². The molecule has 1 rings (SSSR count). The molecule has 1 aromatic rings. The Labute approximate surface area is 102 Å². The van der Waals surface area contributed by atoms with E-state index in [4.69, 9.17) is 15.1 Å². The Morgan fingerprint density at radius 2 is 2.29 bits per heavy atom. The Kier molecular flexibility index (Phi) is 4.95. The molecule has 0 heterocycles. The molecule has 4 heteroatoms. The minimum absolute atomic E-state index is 0.00360. The van der Waals surface area contributed by atoms with Gasteiger partial charge in [0.1, 0.15) is 11.3 Å². The maximum atomic E-state index is 8.98. The first-order chi connectivity index (χ1) is 8.13. The molecule has 1 unspecified atom stereocenters. The zero-order valence-corrected chi connectivity index (χ0v) is 10.2. The number of hydrogen-bond donors (Lipinski definition) is 2. The lowest BCUT2D eigenvalue weighted by atomic mass is 10.0. The standard InChI is InChI=1S/C13H18N2O2/c1-13(10-14,15-2)6-7-17-12-5-3-4-11(8-12)9-16/h3-5,8,15-16H,6-7,9H2,1-2H3. The Morgan fingerprint density at radius 1 is 1.53 bits per heavy atom. The molecule has 17 heavy (non-hydrogen) atoms. The Hall–Kier alpha value is -1.57. The summed E-state index contributed by atoms with van der Waals surface area (Å²) < 4.78 is 5.55. The molecule has 1 atom stereocenters. The normalized spacial score (nSPS) is 13.8. The van der Waals surface area contributed by atoms with Crippen LogP contribution < -0.4 is 10.1 Å². The van der Waals surface area contributed by atoms with Gasteiger partial charge in [0.2, 0.25) is 0 Å². The number of nitriles is 1. The number of hydrogen-bond acceptors (Lipinski definition) is 4. The first-order valence-electron chi connectivity index (χ1n) is 5.56. The average molecular weight is 234 g/mol. The van der Waals surface area contributed by atoms with Crippen LogP contribution in [-0.4, -0.2) is 24.3 Å². The summed E-state index contributed by atoms with van der Waals surface area (Å²) >= 11 is 0. The van der Waals surface area contributed by atoms with E-state index in [1.807, 2.05) is 25.1 Å². The Morgan fingerprint density at radius 3 is 2.88 bits per heavy atom. The number of nitrogens with zero attached hydrogens (tertiary/aromatic N) is 1. The van der Waals surface area contributed by atoms with Crippen LogP contribution in [-0.2, 0) is 6.61 Å². The van der Waals surface area contributed by atoms with Crippen molar-refractivity contribution in [3.63, 3.8) is 0 Å². The van der Waals surface area contributed by atoms with E-state index in [0.29, 0.717) is 18.8 Å². The molecule has 0 aliphatic rings. The molecule has 2 N–H and O–H groups in total. The molecule has 4 nitrogen and oxygen atoms in total. The van der Waals surface area contributed by atoms with Crippen molar-refractivity contribution < 1.29 is 9.84 Å². The second-order valence-corrected chi connectivity index (χ2v) is 4.10. The van der Waals surface area contributed by atoms with E-state index in [1.54, 1.807) is 13.1 Å². The van der Waals surface area contributed by atoms with Gasteiger partial charge >= 0.3 is 0 Å². The predicted octanol–water partition coefficient (Wildman–Crippen LogP) is 1.45. The fraction of sp³-hybridized carbons (Fsp3) is 0.462. The van der Waals surface area contributed by atoms with Crippen molar-refractivity contribution in [2.75, 3.05) is 13.7 Å². The zero-order chi connectivity index (χ0) is 12.7. The summed E-state index contributed by atoms with van der Waals surface area (Å²) in [7, 11) is 1.76. The second kappa shape index (κ2) is 6.24. The van der Waals surface area contributed by atoms with E-state index in [2.05, 4.69) is 11.4 Å². The van der Waals surface area contributed by atoms with E-state index in [9.17, 15) is 0 Å². The molecular formula is C13H18N2O2. The summed E-state index contributed by atoms with van der Waals surface area (Å²) in [4.78, 5) is 0. The van der Waals surface area contributed by atoms with Crippen molar-refractivity contribution in [1.82, 2.24) is 5.32 Å². The molecule has 0 bridgehead atoms. The van der Waals surface area contributed by atoms with Gasteiger partial charge in [-0.25, -0.2) is 0 Å². The number of benzene rings is 1. The number of aliphatic hydroxyl groups excluding tert-OH is 1. The summed E-state index contributed by atoms with van der Waals surface area (Å²) in [6, 6.07) is 9.51. The van der Waals surface area contributed by atoms with Crippen LogP contribution in [0.5, 0.6) is 5.75 Å². The summed E-state index contributed by atoms with van der Waals surface area (Å²) in [5, 5.41) is 20.9. The second-order valence-electron chi connectivity index (χ2n) is 4.10. The Bertz CT molecular complexity index is 401. The highest BCUT2D eigenvalue weighted by Gasteiger charge is 2.20. The van der Waals surface area contributed by atoms with E-state index < -0.39 is 5.54 Å². The minimum atomic E-state index is -0.561. The van der Waals surface area contributed by atoms with Crippen molar-refractivity contribution >= 4 is 0 Å². The third kappa shape index (κ3) is 4.06. The largest absolute Gasteiger partial charge is 0.493 e. The molecule has 0 radical (unpaired) electrons. The maximum Gasteiger partial charge on any atom is 0.119 e. The summed E-state index contributed by atoms with van der Waals surface area (Å²) in [6.45, 7) is 2.30. The molecule has 0 aliphatic carbocycles. The quantitative estimate of drug-likeness (QED) is 0.782. The van der Waals surface area contributed by atoms with Gasteiger partial charge in [0.05, 0.1) is 19.3 Å². The van der Waals surface area contributed by atoms with E-state index in [1.165, 1.54) is 0 Å². The fourth-order valence-electron chi connectivity index (χ4n) is 1.34. The fourth-order valence-corrected chi connectivity index (χ4v) is 1.34. The zero-order valence-electron chi connectivity index (χ0n) is 10.2. The number of rotatable bonds is 6. The molecule has 0 fully saturated rings. The highest BCUT2D eigenvalue weighted by Crippen LogP contribution is 2.15. The topological polar surface area (TPSA) is 65.3 Å². The van der Waals surface area contributed by atoms with E-state index in [-0.39, 0.29) is 6.61 Å². The maximum absolute atomic E-state index is 8.98. The third-order valence-electron chi connectivity index (χ3n) is 2.75. The monoisotopic (exact) mass is 234 g/mol. The molecule has 0 saturated carbocycles. The van der Waals surface area contributed by atoms with Crippen LogP contribution in [0.15, 0.2) is 24.3 Å². The van der Waals surface area contributed by atoms with Crippen LogP contribution in [0.4, 0.5) is 0 Å². The first kappa shape index (κ1) is 13.5. The van der Waals surface area contributed by atoms with Crippen molar-refractivity contribution in [1.29, 1.82) is 5.26 Å². The van der Waals surface area contributed by atoms with Gasteiger partial charge in [-0.05, 0) is 31.7 Å². The molecule has 92 valence electrons. The lowest BCUT2D eigenvalue weighted by molar-refractivity contribution is 0.267. The van der Waals surface area contributed by atoms with Crippen molar-refractivity contribution in [2.24, 2.45) is 0 Å². The van der Waals surface area contributed by atoms with Crippen molar-refractivity contribution in [2.45, 2.75) is 25.5 Å². The van der Waals surface area contributed by atoms with Gasteiger partial charge in [0.25, 0.3) is 0 Å². The highest BCUT2D eigenvalue weighted by molar-refractivity contribution is 5.28. The number of aliphatic hydroxyl groups is 1. The van der Waals surface area contributed by atoms with Gasteiger partial charge < -0.3 is 15.2 Å². The van der Waals surface area contributed by atoms with Gasteiger partial charge in [0, 0.05) is 6.42 Å². The number of nitrogens with one attached hydrogen (secondary N) is 1. The SMILES string of the molecule is CNC(C)(C#N)CCOc1cccc(CO)c1. The van der Waals surface area contributed by atoms with Gasteiger partial charge in [-0.15, -0.1) is 0 Å². The van der Waals surface area contributed by atoms with Crippen LogP contribution in [0.3, 0.4) is 0 Å². The Balaban J connectivity index is 2.48. The summed E-state index contributed by atoms with van der Waals surface area (Å²) in [5.41, 5.74) is 0.258. The highest BCUT2D eigenvalue weighted by atomic mass is 16.5. The van der Waals surface area contributed by atoms with Gasteiger partial charge in [-0.1, -0.05) is 12.1 Å². The molecular weight excluding hydrogens is 216 g/mol. The summed E-state index contributed by atoms with van der Waals surface area (Å²) in [6.07, 6.45) is 0.601. The molecule has 0 aliphatic heterocycles. The van der Waals surface area contributed by atoms with Crippen molar-refractivity contribution in [3.05, 3.63) is 29.8 Å². The van der Waals surface area contributed by atoms with Crippen LogP contribution in [0.2, 0.25) is 0 Å². The molecule has 1 aromatic carbocycles. The smallest absolute Gasteiger partial charge is 0.119 e. The molecule has 0 saturated heterocycles. The van der Waals surface area contributed by atoms with Gasteiger partial charge in [0.15, 0.2) is 0 Å². The minimum Gasteiger partial charge on any atom is -0.493 e.